The number of carbonyl (C=O) groups excluding carboxylic acids is 2. The zero-order chi connectivity index (χ0) is 20.1. The molecule has 1 aromatic heterocycles. The van der Waals surface area contributed by atoms with Gasteiger partial charge in [-0.3, -0.25) is 20.4 Å². The Hall–Kier alpha value is -2.97. The van der Waals surface area contributed by atoms with Crippen LogP contribution in [0.5, 0.6) is 11.5 Å². The van der Waals surface area contributed by atoms with Gasteiger partial charge in [0.1, 0.15) is 13.2 Å². The second-order valence-corrected chi connectivity index (χ2v) is 8.18. The maximum atomic E-state index is 12.6. The predicted octanol–water partition coefficient (Wildman–Crippen LogP) is 3.89. The van der Waals surface area contributed by atoms with Gasteiger partial charge in [0.2, 0.25) is 0 Å². The molecule has 0 unspecified atom stereocenters. The third-order valence-electron chi connectivity index (χ3n) is 4.18. The van der Waals surface area contributed by atoms with E-state index in [-0.39, 0.29) is 5.91 Å². The first-order valence-electron chi connectivity index (χ1n) is 8.95. The van der Waals surface area contributed by atoms with E-state index in [0.717, 1.165) is 10.6 Å². The zero-order valence-corrected chi connectivity index (χ0v) is 17.0. The van der Waals surface area contributed by atoms with Crippen LogP contribution >= 0.6 is 23.1 Å². The third kappa shape index (κ3) is 4.72. The lowest BCUT2D eigenvalue weighted by Gasteiger charge is -2.18. The minimum atomic E-state index is -0.431. The lowest BCUT2D eigenvalue weighted by Crippen LogP contribution is -2.41. The first-order chi connectivity index (χ1) is 14.2. The number of thioether (sulfide) groups is 1. The number of rotatable bonds is 5. The van der Waals surface area contributed by atoms with Crippen LogP contribution in [0.2, 0.25) is 0 Å². The molecule has 1 aliphatic heterocycles. The Morgan fingerprint density at radius 3 is 2.55 bits per heavy atom. The Morgan fingerprint density at radius 2 is 1.72 bits per heavy atom. The molecule has 148 valence electrons. The van der Waals surface area contributed by atoms with Crippen molar-refractivity contribution >= 4 is 34.9 Å². The van der Waals surface area contributed by atoms with Crippen LogP contribution in [0.25, 0.3) is 0 Å². The average molecular weight is 427 g/mol. The molecule has 2 amide bonds. The van der Waals surface area contributed by atoms with Crippen molar-refractivity contribution < 1.29 is 19.1 Å². The van der Waals surface area contributed by atoms with Gasteiger partial charge in [0, 0.05) is 21.1 Å². The van der Waals surface area contributed by atoms with Crippen LogP contribution in [0.15, 0.2) is 64.9 Å². The standard InChI is InChI=1S/C21H18N2O4S2/c24-20(14-7-8-17-18(12-14)27-10-9-26-17)22-23-21(25)16-5-1-2-6-19(16)29-13-15-4-3-11-28-15/h1-8,11-12H,9-10,13H2,(H,22,24)(H,23,25). The number of benzene rings is 2. The molecule has 2 heterocycles. The van der Waals surface area contributed by atoms with Gasteiger partial charge < -0.3 is 9.47 Å². The normalized spacial score (nSPS) is 12.3. The van der Waals surface area contributed by atoms with Crippen LogP contribution in [0.1, 0.15) is 25.6 Å². The molecule has 2 aromatic carbocycles. The lowest BCUT2D eigenvalue weighted by molar-refractivity contribution is 0.0844. The van der Waals surface area contributed by atoms with E-state index in [0.29, 0.717) is 35.8 Å². The maximum absolute atomic E-state index is 12.6. The second-order valence-electron chi connectivity index (χ2n) is 6.13. The molecule has 4 rings (SSSR count). The van der Waals surface area contributed by atoms with E-state index in [1.165, 1.54) is 4.88 Å². The predicted molar refractivity (Wildman–Crippen MR) is 113 cm³/mol. The fraction of sp³-hybridized carbons (Fsp3) is 0.143. The number of hydrogen-bond acceptors (Lipinski definition) is 6. The Balaban J connectivity index is 1.39. The first-order valence-corrected chi connectivity index (χ1v) is 10.8. The molecular weight excluding hydrogens is 408 g/mol. The molecule has 29 heavy (non-hydrogen) atoms. The summed E-state index contributed by atoms with van der Waals surface area (Å²) < 4.78 is 10.9. The van der Waals surface area contributed by atoms with Crippen molar-refractivity contribution in [1.29, 1.82) is 0 Å². The quantitative estimate of drug-likeness (QED) is 0.478. The second kappa shape index (κ2) is 9.02. The van der Waals surface area contributed by atoms with E-state index in [4.69, 9.17) is 9.47 Å². The summed E-state index contributed by atoms with van der Waals surface area (Å²) in [6.07, 6.45) is 0. The molecule has 0 aliphatic carbocycles. The van der Waals surface area contributed by atoms with E-state index in [1.54, 1.807) is 53.4 Å². The number of carbonyl (C=O) groups is 2. The minimum Gasteiger partial charge on any atom is -0.486 e. The summed E-state index contributed by atoms with van der Waals surface area (Å²) in [7, 11) is 0. The van der Waals surface area contributed by atoms with Gasteiger partial charge in [0.25, 0.3) is 11.8 Å². The van der Waals surface area contributed by atoms with Gasteiger partial charge in [-0.05, 0) is 41.8 Å². The first kappa shape index (κ1) is 19.4. The van der Waals surface area contributed by atoms with E-state index >= 15 is 0 Å². The Morgan fingerprint density at radius 1 is 0.931 bits per heavy atom. The van der Waals surface area contributed by atoms with Gasteiger partial charge in [-0.1, -0.05) is 18.2 Å². The average Bonchev–Trinajstić information content (AvgIpc) is 3.29. The van der Waals surface area contributed by atoms with Crippen molar-refractivity contribution in [3.63, 3.8) is 0 Å². The fourth-order valence-electron chi connectivity index (χ4n) is 2.76. The number of hydrogen-bond donors (Lipinski definition) is 2. The molecule has 0 saturated heterocycles. The number of fused-ring (bicyclic) bond motifs is 1. The van der Waals surface area contributed by atoms with Crippen LogP contribution < -0.4 is 20.3 Å². The van der Waals surface area contributed by atoms with Crippen LogP contribution in [-0.4, -0.2) is 25.0 Å². The summed E-state index contributed by atoms with van der Waals surface area (Å²) in [4.78, 5) is 27.1. The molecule has 1 aliphatic rings. The van der Waals surface area contributed by atoms with Gasteiger partial charge in [0.15, 0.2) is 11.5 Å². The van der Waals surface area contributed by atoms with Gasteiger partial charge in [-0.15, -0.1) is 23.1 Å². The van der Waals surface area contributed by atoms with Crippen molar-refractivity contribution in [2.75, 3.05) is 13.2 Å². The van der Waals surface area contributed by atoms with Crippen molar-refractivity contribution in [3.05, 3.63) is 76.0 Å². The zero-order valence-electron chi connectivity index (χ0n) is 15.3. The smallest absolute Gasteiger partial charge is 0.270 e. The van der Waals surface area contributed by atoms with Gasteiger partial charge in [-0.2, -0.15) is 0 Å². The third-order valence-corrected chi connectivity index (χ3v) is 6.36. The van der Waals surface area contributed by atoms with Crippen molar-refractivity contribution in [1.82, 2.24) is 10.9 Å². The molecular formula is C21H18N2O4S2. The van der Waals surface area contributed by atoms with E-state index in [2.05, 4.69) is 16.9 Å². The van der Waals surface area contributed by atoms with Crippen LogP contribution in [-0.2, 0) is 5.75 Å². The maximum Gasteiger partial charge on any atom is 0.270 e. The summed E-state index contributed by atoms with van der Waals surface area (Å²) in [5.74, 6) is 1.11. The van der Waals surface area contributed by atoms with Crippen LogP contribution in [0.4, 0.5) is 0 Å². The number of ether oxygens (including phenoxy) is 2. The molecule has 0 atom stereocenters. The molecule has 0 bridgehead atoms. The number of nitrogens with one attached hydrogen (secondary N) is 2. The summed E-state index contributed by atoms with van der Waals surface area (Å²) >= 11 is 3.27. The van der Waals surface area contributed by atoms with Gasteiger partial charge in [-0.25, -0.2) is 0 Å². The van der Waals surface area contributed by atoms with Crippen LogP contribution in [0.3, 0.4) is 0 Å². The van der Waals surface area contributed by atoms with E-state index in [1.807, 2.05) is 23.6 Å². The molecule has 0 radical (unpaired) electrons. The van der Waals surface area contributed by atoms with Crippen molar-refractivity contribution in [2.24, 2.45) is 0 Å². The Bertz CT molecular complexity index is 1020. The van der Waals surface area contributed by atoms with Crippen molar-refractivity contribution in [2.45, 2.75) is 10.6 Å². The summed E-state index contributed by atoms with van der Waals surface area (Å²) in [5, 5.41) is 2.03. The molecule has 0 fully saturated rings. The minimum absolute atomic E-state index is 0.370. The molecule has 0 saturated carbocycles. The SMILES string of the molecule is O=C(NNC(=O)c1ccccc1SCc1cccs1)c1ccc2c(c1)OCCO2. The monoisotopic (exact) mass is 426 g/mol. The Labute approximate surface area is 176 Å². The highest BCUT2D eigenvalue weighted by atomic mass is 32.2. The number of hydrazine groups is 1. The van der Waals surface area contributed by atoms with Gasteiger partial charge in [0.05, 0.1) is 5.56 Å². The lowest BCUT2D eigenvalue weighted by atomic mass is 10.2. The number of thiophene rings is 1. The van der Waals surface area contributed by atoms with Crippen LogP contribution in [0, 0.1) is 0 Å². The highest BCUT2D eigenvalue weighted by Crippen LogP contribution is 2.31. The summed E-state index contributed by atoms with van der Waals surface area (Å²) in [6.45, 7) is 0.924. The molecule has 6 nitrogen and oxygen atoms in total. The van der Waals surface area contributed by atoms with E-state index < -0.39 is 5.91 Å². The molecule has 2 N–H and O–H groups in total. The van der Waals surface area contributed by atoms with E-state index in [9.17, 15) is 9.59 Å². The van der Waals surface area contributed by atoms with Crippen molar-refractivity contribution in [3.8, 4) is 11.5 Å². The Kier molecular flexibility index (Phi) is 6.02. The fourth-order valence-corrected chi connectivity index (χ4v) is 4.58. The topological polar surface area (TPSA) is 76.7 Å². The highest BCUT2D eigenvalue weighted by Gasteiger charge is 2.16. The summed E-state index contributed by atoms with van der Waals surface area (Å²) in [6, 6.07) is 16.3. The summed E-state index contributed by atoms with van der Waals surface area (Å²) in [5.41, 5.74) is 5.83. The number of amides is 2. The van der Waals surface area contributed by atoms with Gasteiger partial charge >= 0.3 is 0 Å². The molecule has 3 aromatic rings. The molecule has 0 spiro atoms. The largest absolute Gasteiger partial charge is 0.486 e. The highest BCUT2D eigenvalue weighted by molar-refractivity contribution is 7.98. The molecule has 8 heteroatoms.